The summed E-state index contributed by atoms with van der Waals surface area (Å²) in [5, 5.41) is 0.492. The summed E-state index contributed by atoms with van der Waals surface area (Å²) < 4.78 is 34.4. The molecule has 2 fully saturated rings. The first-order valence-corrected chi connectivity index (χ1v) is 11.4. The molecule has 0 spiro atoms. The van der Waals surface area contributed by atoms with Gasteiger partial charge < -0.3 is 19.0 Å². The van der Waals surface area contributed by atoms with Gasteiger partial charge in [0.25, 0.3) is 5.56 Å². The van der Waals surface area contributed by atoms with Crippen molar-refractivity contribution in [2.45, 2.75) is 23.0 Å². The first kappa shape index (κ1) is 18.4. The summed E-state index contributed by atoms with van der Waals surface area (Å²) in [4.78, 5) is 15.9. The third kappa shape index (κ3) is 3.16. The van der Waals surface area contributed by atoms with E-state index in [1.807, 2.05) is 12.1 Å². The highest BCUT2D eigenvalue weighted by molar-refractivity contribution is 7.93. The van der Waals surface area contributed by atoms with Crippen LogP contribution in [0.4, 0.5) is 0 Å². The van der Waals surface area contributed by atoms with Crippen LogP contribution in [0.15, 0.2) is 46.3 Å². The molecule has 3 heterocycles. The fraction of sp³-hybridized carbons (Fsp3) is 0.381. The Labute approximate surface area is 168 Å². The Morgan fingerprint density at radius 2 is 2.07 bits per heavy atom. The smallest absolute Gasteiger partial charge is 0.274 e. The lowest BCUT2D eigenvalue weighted by molar-refractivity contribution is 0.0427. The summed E-state index contributed by atoms with van der Waals surface area (Å²) in [6.45, 7) is 1.33. The number of nitrogens with one attached hydrogen (secondary N) is 2. The fourth-order valence-corrected chi connectivity index (χ4v) is 5.13. The fourth-order valence-electron chi connectivity index (χ4n) is 3.61. The number of hydrogen-bond donors (Lipinski definition) is 2. The van der Waals surface area contributed by atoms with Crippen molar-refractivity contribution in [2.24, 2.45) is 13.0 Å². The third-order valence-electron chi connectivity index (χ3n) is 5.73. The number of benzene rings is 1. The van der Waals surface area contributed by atoms with Crippen molar-refractivity contribution in [1.82, 2.24) is 9.55 Å². The predicted molar refractivity (Wildman–Crippen MR) is 111 cm³/mol. The van der Waals surface area contributed by atoms with E-state index in [-0.39, 0.29) is 10.8 Å². The summed E-state index contributed by atoms with van der Waals surface area (Å²) in [6, 6.07) is 7.20. The summed E-state index contributed by atoms with van der Waals surface area (Å²) >= 11 is 0. The van der Waals surface area contributed by atoms with Gasteiger partial charge in [-0.05, 0) is 43.0 Å². The molecule has 1 aliphatic carbocycles. The molecule has 7 nitrogen and oxygen atoms in total. The Morgan fingerprint density at radius 1 is 1.28 bits per heavy atom. The molecule has 1 saturated heterocycles. The van der Waals surface area contributed by atoms with Gasteiger partial charge in [-0.15, -0.1) is 0 Å². The maximum absolute atomic E-state index is 13.2. The highest BCUT2D eigenvalue weighted by atomic mass is 32.2. The van der Waals surface area contributed by atoms with E-state index < -0.39 is 9.73 Å². The van der Waals surface area contributed by atoms with Gasteiger partial charge in [0.2, 0.25) is 0 Å². The van der Waals surface area contributed by atoms with Crippen molar-refractivity contribution in [1.29, 1.82) is 4.78 Å². The first-order chi connectivity index (χ1) is 13.9. The molecule has 8 heteroatoms. The summed E-state index contributed by atoms with van der Waals surface area (Å²) in [6.07, 6.45) is 5.87. The van der Waals surface area contributed by atoms with Gasteiger partial charge in [-0.2, -0.15) is 0 Å². The number of ether oxygens (including phenoxy) is 2. The molecule has 2 aromatic heterocycles. The summed E-state index contributed by atoms with van der Waals surface area (Å²) in [7, 11) is -1.28. The second kappa shape index (κ2) is 6.74. The van der Waals surface area contributed by atoms with Crippen molar-refractivity contribution in [3.05, 3.63) is 47.0 Å². The molecular formula is C21H23N3O4S. The molecule has 1 unspecified atom stereocenters. The van der Waals surface area contributed by atoms with Gasteiger partial charge in [-0.1, -0.05) is 0 Å². The lowest BCUT2D eigenvalue weighted by Crippen LogP contribution is -2.40. The molecule has 1 aromatic carbocycles. The van der Waals surface area contributed by atoms with Crippen LogP contribution in [0.25, 0.3) is 22.0 Å². The number of rotatable bonds is 6. The van der Waals surface area contributed by atoms with Crippen molar-refractivity contribution in [2.75, 3.05) is 19.8 Å². The molecule has 29 heavy (non-hydrogen) atoms. The lowest BCUT2D eigenvalue weighted by atomic mass is 10.0. The molecule has 3 aromatic rings. The van der Waals surface area contributed by atoms with Crippen molar-refractivity contribution < 1.29 is 13.7 Å². The molecule has 2 N–H and O–H groups in total. The number of nitrogens with zero attached hydrogens (tertiary/aromatic N) is 1. The maximum Gasteiger partial charge on any atom is 0.274 e. The number of hydrogen-bond acceptors (Lipinski definition) is 5. The number of aromatic amines is 1. The van der Waals surface area contributed by atoms with E-state index in [4.69, 9.17) is 14.3 Å². The highest BCUT2D eigenvalue weighted by Crippen LogP contribution is 2.38. The molecule has 0 radical (unpaired) electrons. The minimum absolute atomic E-state index is 0.110. The highest BCUT2D eigenvalue weighted by Gasteiger charge is 2.31. The van der Waals surface area contributed by atoms with Gasteiger partial charge in [-0.25, -0.2) is 8.99 Å². The van der Waals surface area contributed by atoms with Gasteiger partial charge in [0.1, 0.15) is 11.3 Å². The molecule has 0 bridgehead atoms. The standard InChI is InChI=1S/C21H23N3O4S/c1-24-9-18(16-6-7-23-20(16)21(24)25)17-8-14(29(22,26)15-11-27-12-15)4-5-19(17)28-10-13-2-3-13/h4-9,13,15,22-23H,2-3,10-12H2,1H3. The largest absolute Gasteiger partial charge is 0.493 e. The maximum atomic E-state index is 13.2. The molecule has 1 aliphatic heterocycles. The average molecular weight is 413 g/mol. The molecule has 152 valence electrons. The van der Waals surface area contributed by atoms with Crippen LogP contribution in [0.5, 0.6) is 5.75 Å². The minimum Gasteiger partial charge on any atom is -0.493 e. The molecule has 1 saturated carbocycles. The molecule has 0 amide bonds. The van der Waals surface area contributed by atoms with Gasteiger partial charge in [-0.3, -0.25) is 4.79 Å². The zero-order chi connectivity index (χ0) is 20.2. The Kier molecular flexibility index (Phi) is 4.29. The third-order valence-corrected chi connectivity index (χ3v) is 7.90. The minimum atomic E-state index is -2.98. The van der Waals surface area contributed by atoms with E-state index in [2.05, 4.69) is 4.98 Å². The number of aryl methyl sites for hydroxylation is 1. The monoisotopic (exact) mass is 413 g/mol. The second-order valence-corrected chi connectivity index (χ2v) is 10.2. The van der Waals surface area contributed by atoms with Gasteiger partial charge in [0.15, 0.2) is 0 Å². The zero-order valence-electron chi connectivity index (χ0n) is 16.1. The Hall–Kier alpha value is -2.58. The Balaban J connectivity index is 1.68. The van der Waals surface area contributed by atoms with Crippen LogP contribution in [-0.2, 0) is 21.5 Å². The number of fused-ring (bicyclic) bond motifs is 1. The number of aromatic nitrogens is 2. The van der Waals surface area contributed by atoms with E-state index in [1.165, 1.54) is 17.4 Å². The van der Waals surface area contributed by atoms with E-state index in [9.17, 15) is 9.00 Å². The Morgan fingerprint density at radius 3 is 2.76 bits per heavy atom. The SMILES string of the molecule is Cn1cc(-c2cc(S(=N)(=O)C3COC3)ccc2OCC2CC2)c2cc[nH]c2c1=O. The van der Waals surface area contributed by atoms with Gasteiger partial charge in [0, 0.05) is 40.8 Å². The molecule has 2 aliphatic rings. The summed E-state index contributed by atoms with van der Waals surface area (Å²) in [5.74, 6) is 1.27. The van der Waals surface area contributed by atoms with Gasteiger partial charge in [0.05, 0.1) is 34.8 Å². The first-order valence-electron chi connectivity index (χ1n) is 9.74. The van der Waals surface area contributed by atoms with Crippen molar-refractivity contribution in [3.63, 3.8) is 0 Å². The lowest BCUT2D eigenvalue weighted by Gasteiger charge is -2.28. The van der Waals surface area contributed by atoms with Crippen LogP contribution >= 0.6 is 0 Å². The average Bonchev–Trinajstić information content (AvgIpc) is 3.35. The molecule has 1 atom stereocenters. The van der Waals surface area contributed by atoms with Crippen LogP contribution in [0.2, 0.25) is 0 Å². The predicted octanol–water partition coefficient (Wildman–Crippen LogP) is 3.13. The van der Waals surface area contributed by atoms with E-state index in [1.54, 1.807) is 31.6 Å². The molecular weight excluding hydrogens is 390 g/mol. The zero-order valence-corrected chi connectivity index (χ0v) is 17.0. The van der Waals surface area contributed by atoms with Crippen LogP contribution < -0.4 is 10.3 Å². The van der Waals surface area contributed by atoms with E-state index in [0.29, 0.717) is 41.9 Å². The normalized spacial score (nSPS) is 19.1. The van der Waals surface area contributed by atoms with Crippen LogP contribution in [0.1, 0.15) is 12.8 Å². The van der Waals surface area contributed by atoms with Crippen LogP contribution in [-0.4, -0.2) is 38.8 Å². The quantitative estimate of drug-likeness (QED) is 0.649. The van der Waals surface area contributed by atoms with E-state index >= 15 is 0 Å². The number of pyridine rings is 1. The van der Waals surface area contributed by atoms with Crippen molar-refractivity contribution >= 4 is 20.6 Å². The van der Waals surface area contributed by atoms with Crippen LogP contribution in [0.3, 0.4) is 0 Å². The van der Waals surface area contributed by atoms with Crippen LogP contribution in [0, 0.1) is 10.7 Å². The van der Waals surface area contributed by atoms with Gasteiger partial charge >= 0.3 is 0 Å². The Bertz CT molecular complexity index is 1250. The number of H-pyrrole nitrogens is 1. The summed E-state index contributed by atoms with van der Waals surface area (Å²) in [5.41, 5.74) is 1.98. The van der Waals surface area contributed by atoms with E-state index in [0.717, 1.165) is 16.5 Å². The topological polar surface area (TPSA) is 97.2 Å². The second-order valence-electron chi connectivity index (χ2n) is 7.90. The van der Waals surface area contributed by atoms with Crippen molar-refractivity contribution in [3.8, 4) is 16.9 Å². The molecule has 5 rings (SSSR count).